The standard InChI is InChI=1S/C11H10BrClFN3O2S/c1-17-11(20(2,18)19)9(12)10(16-17)5-3-8(15)6(13)4-7(5)14/h3-4H,15H2,1-2H3. The lowest BCUT2D eigenvalue weighted by Gasteiger charge is -2.04. The first-order valence-electron chi connectivity index (χ1n) is 5.30. The lowest BCUT2D eigenvalue weighted by atomic mass is 10.1. The van der Waals surface area contributed by atoms with E-state index in [1.807, 2.05) is 0 Å². The van der Waals surface area contributed by atoms with E-state index >= 15 is 0 Å². The quantitative estimate of drug-likeness (QED) is 0.810. The van der Waals surface area contributed by atoms with E-state index in [1.54, 1.807) is 0 Å². The lowest BCUT2D eigenvalue weighted by Crippen LogP contribution is -2.05. The summed E-state index contributed by atoms with van der Waals surface area (Å²) in [5, 5.41) is 4.07. The van der Waals surface area contributed by atoms with Gasteiger partial charge < -0.3 is 5.73 Å². The van der Waals surface area contributed by atoms with Gasteiger partial charge >= 0.3 is 0 Å². The minimum absolute atomic E-state index is 0.0413. The highest BCUT2D eigenvalue weighted by atomic mass is 79.9. The number of rotatable bonds is 2. The molecule has 2 N–H and O–H groups in total. The van der Waals surface area contributed by atoms with E-state index in [0.717, 1.165) is 12.3 Å². The summed E-state index contributed by atoms with van der Waals surface area (Å²) in [7, 11) is -2.05. The van der Waals surface area contributed by atoms with Gasteiger partial charge in [-0.1, -0.05) is 11.6 Å². The van der Waals surface area contributed by atoms with E-state index in [9.17, 15) is 12.8 Å². The predicted molar refractivity (Wildman–Crippen MR) is 78.8 cm³/mol. The molecule has 0 fully saturated rings. The second-order valence-corrected chi connectivity index (χ2v) is 7.35. The molecule has 1 heterocycles. The van der Waals surface area contributed by atoms with Gasteiger partial charge in [0, 0.05) is 18.9 Å². The first kappa shape index (κ1) is 15.3. The van der Waals surface area contributed by atoms with Crippen LogP contribution in [0.5, 0.6) is 0 Å². The zero-order chi connectivity index (χ0) is 15.2. The molecule has 0 amide bonds. The van der Waals surface area contributed by atoms with Crippen LogP contribution < -0.4 is 5.73 Å². The van der Waals surface area contributed by atoms with E-state index in [4.69, 9.17) is 17.3 Å². The fourth-order valence-electron chi connectivity index (χ4n) is 1.80. The number of sulfone groups is 1. The molecule has 0 bridgehead atoms. The number of nitrogens with zero attached hydrogens (tertiary/aromatic N) is 2. The summed E-state index contributed by atoms with van der Waals surface area (Å²) in [6.45, 7) is 0. The normalized spacial score (nSPS) is 11.8. The fourth-order valence-corrected chi connectivity index (χ4v) is 4.33. The summed E-state index contributed by atoms with van der Waals surface area (Å²) in [5.41, 5.74) is 6.04. The number of nitrogens with two attached hydrogens (primary N) is 1. The zero-order valence-corrected chi connectivity index (χ0v) is 13.6. The number of anilines is 1. The first-order valence-corrected chi connectivity index (χ1v) is 8.36. The van der Waals surface area contributed by atoms with Crippen LogP contribution in [0.4, 0.5) is 10.1 Å². The molecule has 1 aromatic carbocycles. The zero-order valence-electron chi connectivity index (χ0n) is 10.5. The van der Waals surface area contributed by atoms with Crippen molar-refractivity contribution < 1.29 is 12.8 Å². The molecule has 0 saturated carbocycles. The minimum Gasteiger partial charge on any atom is -0.398 e. The van der Waals surface area contributed by atoms with Crippen molar-refractivity contribution in [1.82, 2.24) is 9.78 Å². The van der Waals surface area contributed by atoms with Crippen molar-refractivity contribution in [2.75, 3.05) is 12.0 Å². The molecular formula is C11H10BrClFN3O2S. The third kappa shape index (κ3) is 2.55. The van der Waals surface area contributed by atoms with E-state index in [-0.39, 0.29) is 31.5 Å². The molecule has 5 nitrogen and oxygen atoms in total. The van der Waals surface area contributed by atoms with E-state index < -0.39 is 15.7 Å². The number of hydrogen-bond acceptors (Lipinski definition) is 4. The van der Waals surface area contributed by atoms with Crippen molar-refractivity contribution in [2.45, 2.75) is 5.03 Å². The molecule has 0 spiro atoms. The van der Waals surface area contributed by atoms with Gasteiger partial charge in [-0.3, -0.25) is 4.68 Å². The number of benzene rings is 1. The third-order valence-corrected chi connectivity index (χ3v) is 5.14. The van der Waals surface area contributed by atoms with Crippen LogP contribution in [-0.4, -0.2) is 24.5 Å². The highest BCUT2D eigenvalue weighted by molar-refractivity contribution is 9.10. The van der Waals surface area contributed by atoms with Gasteiger partial charge in [0.2, 0.25) is 0 Å². The average molecular weight is 383 g/mol. The van der Waals surface area contributed by atoms with Crippen LogP contribution >= 0.6 is 27.5 Å². The lowest BCUT2D eigenvalue weighted by molar-refractivity contribution is 0.582. The summed E-state index contributed by atoms with van der Waals surface area (Å²) in [6, 6.07) is 2.38. The Balaban J connectivity index is 2.76. The maximum absolute atomic E-state index is 14.0. The Morgan fingerprint density at radius 1 is 1.45 bits per heavy atom. The van der Waals surface area contributed by atoms with Gasteiger partial charge in [0.1, 0.15) is 11.5 Å². The molecule has 2 rings (SSSR count). The first-order chi connectivity index (χ1) is 9.12. The number of hydrogen-bond donors (Lipinski definition) is 1. The Bertz CT molecular complexity index is 804. The second-order valence-electron chi connectivity index (χ2n) is 4.22. The summed E-state index contributed by atoms with van der Waals surface area (Å²) in [4.78, 5) is 0. The van der Waals surface area contributed by atoms with Crippen LogP contribution in [0, 0.1) is 5.82 Å². The van der Waals surface area contributed by atoms with Crippen LogP contribution in [-0.2, 0) is 16.9 Å². The van der Waals surface area contributed by atoms with Crippen LogP contribution in [0.1, 0.15) is 0 Å². The van der Waals surface area contributed by atoms with Crippen LogP contribution in [0.25, 0.3) is 11.3 Å². The molecule has 0 atom stereocenters. The van der Waals surface area contributed by atoms with E-state index in [1.165, 1.54) is 17.8 Å². The average Bonchev–Trinajstić information content (AvgIpc) is 2.58. The van der Waals surface area contributed by atoms with Crippen LogP contribution in [0.2, 0.25) is 5.02 Å². The van der Waals surface area contributed by atoms with Gasteiger partial charge in [-0.05, 0) is 28.1 Å². The molecule has 108 valence electrons. The molecule has 20 heavy (non-hydrogen) atoms. The van der Waals surface area contributed by atoms with E-state index in [2.05, 4.69) is 21.0 Å². The number of halogens is 3. The van der Waals surface area contributed by atoms with Gasteiger partial charge in [-0.15, -0.1) is 0 Å². The van der Waals surface area contributed by atoms with Crippen molar-refractivity contribution in [2.24, 2.45) is 7.05 Å². The summed E-state index contributed by atoms with van der Waals surface area (Å²) in [6.07, 6.45) is 1.05. The van der Waals surface area contributed by atoms with Crippen molar-refractivity contribution in [1.29, 1.82) is 0 Å². The van der Waals surface area contributed by atoms with Gasteiger partial charge in [-0.2, -0.15) is 5.10 Å². The fraction of sp³-hybridized carbons (Fsp3) is 0.182. The molecule has 0 radical (unpaired) electrons. The maximum atomic E-state index is 14.0. The molecule has 0 unspecified atom stereocenters. The van der Waals surface area contributed by atoms with Crippen LogP contribution in [0.15, 0.2) is 21.6 Å². The summed E-state index contributed by atoms with van der Waals surface area (Å²) < 4.78 is 38.7. The Labute approximate surface area is 128 Å². The molecule has 0 aliphatic rings. The molecule has 0 saturated heterocycles. The topological polar surface area (TPSA) is 78.0 Å². The number of nitrogen functional groups attached to an aromatic ring is 1. The Morgan fingerprint density at radius 2 is 2.05 bits per heavy atom. The van der Waals surface area contributed by atoms with Gasteiger partial charge in [0.05, 0.1) is 15.2 Å². The summed E-state index contributed by atoms with van der Waals surface area (Å²) in [5.74, 6) is -0.636. The molecule has 0 aliphatic carbocycles. The van der Waals surface area contributed by atoms with Crippen molar-refractivity contribution >= 4 is 43.1 Å². The minimum atomic E-state index is -3.51. The number of aryl methyl sites for hydroxylation is 1. The summed E-state index contributed by atoms with van der Waals surface area (Å²) >= 11 is 8.87. The van der Waals surface area contributed by atoms with Crippen molar-refractivity contribution in [3.8, 4) is 11.3 Å². The largest absolute Gasteiger partial charge is 0.398 e. The Kier molecular flexibility index (Phi) is 3.83. The maximum Gasteiger partial charge on any atom is 0.193 e. The Hall–Kier alpha value is -1.12. The predicted octanol–water partition coefficient (Wildman–Crippen LogP) is 2.63. The Morgan fingerprint density at radius 3 is 2.55 bits per heavy atom. The molecule has 2 aromatic rings. The molecule has 0 aliphatic heterocycles. The second kappa shape index (κ2) is 5.01. The number of aromatic nitrogens is 2. The highest BCUT2D eigenvalue weighted by Gasteiger charge is 2.24. The highest BCUT2D eigenvalue weighted by Crippen LogP contribution is 2.36. The van der Waals surface area contributed by atoms with Crippen LogP contribution in [0.3, 0.4) is 0 Å². The SMILES string of the molecule is Cn1nc(-c2cc(N)c(Cl)cc2F)c(Br)c1S(C)(=O)=O. The van der Waals surface area contributed by atoms with Crippen molar-refractivity contribution in [3.63, 3.8) is 0 Å². The van der Waals surface area contributed by atoms with E-state index in [0.29, 0.717) is 0 Å². The third-order valence-electron chi connectivity index (χ3n) is 2.63. The molecule has 9 heteroatoms. The van der Waals surface area contributed by atoms with Gasteiger partial charge in [-0.25, -0.2) is 12.8 Å². The smallest absolute Gasteiger partial charge is 0.193 e. The monoisotopic (exact) mass is 381 g/mol. The molecular weight excluding hydrogens is 373 g/mol. The van der Waals surface area contributed by atoms with Crippen molar-refractivity contribution in [3.05, 3.63) is 27.4 Å². The van der Waals surface area contributed by atoms with Gasteiger partial charge in [0.25, 0.3) is 0 Å². The van der Waals surface area contributed by atoms with Gasteiger partial charge in [0.15, 0.2) is 14.9 Å². The molecule has 1 aromatic heterocycles.